The van der Waals surface area contributed by atoms with E-state index in [-0.39, 0.29) is 25.9 Å². The Morgan fingerprint density at radius 3 is 1.67 bits per heavy atom. The number of hydrogen-bond donors (Lipinski definition) is 1. The molecular weight excluding hydrogens is 86.4 g/mol. The van der Waals surface area contributed by atoms with E-state index in [1.165, 1.54) is 0 Å². The molecule has 0 rings (SSSR count). The summed E-state index contributed by atoms with van der Waals surface area (Å²) < 4.78 is 0. The third-order valence-electron chi connectivity index (χ3n) is 0.500. The van der Waals surface area contributed by atoms with Gasteiger partial charge in [0.25, 0.3) is 0 Å². The third kappa shape index (κ3) is 8.83. The molecule has 0 aromatic rings. The van der Waals surface area contributed by atoms with E-state index in [1.54, 1.807) is 0 Å². The second-order valence-electron chi connectivity index (χ2n) is 0.957. The Morgan fingerprint density at radius 1 is 1.33 bits per heavy atom. The molecule has 0 saturated carbocycles. The van der Waals surface area contributed by atoms with Crippen LogP contribution in [0.4, 0.5) is 0 Å². The summed E-state index contributed by atoms with van der Waals surface area (Å²) >= 11 is 0. The monoisotopic (exact) mass is 99.1 g/mol. The molecule has 1 nitrogen and oxygen atoms in total. The van der Waals surface area contributed by atoms with Crippen LogP contribution in [-0.4, -0.2) is 36.1 Å². The second-order valence-corrected chi connectivity index (χ2v) is 0.957. The smallest absolute Gasteiger partial charge is 1.00 e. The standard InChI is InChI=1S/C4H11N.Mg.2H/c1-3-5-4-2;;;/h5H,3-4H2,1-2H3;;;/q;+2;2*-1. The fourth-order valence-corrected chi connectivity index (χ4v) is 0.250. The van der Waals surface area contributed by atoms with E-state index in [1.807, 2.05) is 0 Å². The van der Waals surface area contributed by atoms with Crippen molar-refractivity contribution in [2.75, 3.05) is 13.1 Å². The van der Waals surface area contributed by atoms with Gasteiger partial charge in [0.2, 0.25) is 0 Å². The molecule has 0 aliphatic rings. The minimum absolute atomic E-state index is 0. The largest absolute Gasteiger partial charge is 2.00 e. The van der Waals surface area contributed by atoms with Crippen molar-refractivity contribution in [1.29, 1.82) is 0 Å². The Morgan fingerprint density at radius 2 is 1.67 bits per heavy atom. The van der Waals surface area contributed by atoms with Gasteiger partial charge in [-0.15, -0.1) is 0 Å². The van der Waals surface area contributed by atoms with E-state index >= 15 is 0 Å². The van der Waals surface area contributed by atoms with Gasteiger partial charge < -0.3 is 8.17 Å². The van der Waals surface area contributed by atoms with Crippen molar-refractivity contribution in [1.82, 2.24) is 5.32 Å². The molecule has 0 aromatic carbocycles. The molecule has 0 saturated heterocycles. The van der Waals surface area contributed by atoms with Crippen molar-refractivity contribution in [2.45, 2.75) is 13.8 Å². The van der Waals surface area contributed by atoms with Crippen molar-refractivity contribution in [2.24, 2.45) is 0 Å². The Hall–Kier alpha value is 0.726. The van der Waals surface area contributed by atoms with Crippen LogP contribution in [0.15, 0.2) is 0 Å². The number of rotatable bonds is 2. The molecule has 0 heterocycles. The number of nitrogens with one attached hydrogen (secondary N) is 1. The van der Waals surface area contributed by atoms with E-state index in [2.05, 4.69) is 19.2 Å². The van der Waals surface area contributed by atoms with Gasteiger partial charge in [0, 0.05) is 0 Å². The van der Waals surface area contributed by atoms with Crippen LogP contribution < -0.4 is 5.32 Å². The molecule has 0 radical (unpaired) electrons. The normalized spacial score (nSPS) is 7.00. The Labute approximate surface area is 58.6 Å². The Kier molecular flexibility index (Phi) is 15.2. The molecule has 1 N–H and O–H groups in total. The SMILES string of the molecule is CCNCC.[H-].[H-].[Mg+2]. The molecule has 36 valence electrons. The average molecular weight is 99.5 g/mol. The van der Waals surface area contributed by atoms with Crippen LogP contribution in [0.5, 0.6) is 0 Å². The van der Waals surface area contributed by atoms with Gasteiger partial charge in [-0.05, 0) is 13.1 Å². The van der Waals surface area contributed by atoms with E-state index in [0.29, 0.717) is 0 Å². The van der Waals surface area contributed by atoms with Crippen molar-refractivity contribution in [3.63, 3.8) is 0 Å². The molecule has 0 fully saturated rings. The van der Waals surface area contributed by atoms with E-state index in [4.69, 9.17) is 0 Å². The molecule has 0 amide bonds. The summed E-state index contributed by atoms with van der Waals surface area (Å²) in [6, 6.07) is 0. The maximum atomic E-state index is 3.11. The molecule has 0 bridgehead atoms. The van der Waals surface area contributed by atoms with Crippen molar-refractivity contribution < 1.29 is 2.85 Å². The molecule has 2 heteroatoms. The second kappa shape index (κ2) is 9.21. The first-order chi connectivity index (χ1) is 2.41. The predicted molar refractivity (Wildman–Crippen MR) is 32.2 cm³/mol. The van der Waals surface area contributed by atoms with Crippen LogP contribution in [0.1, 0.15) is 16.7 Å². The van der Waals surface area contributed by atoms with E-state index < -0.39 is 0 Å². The minimum Gasteiger partial charge on any atom is -1.00 e. The van der Waals surface area contributed by atoms with Crippen LogP contribution in [0.25, 0.3) is 0 Å². The molecule has 0 unspecified atom stereocenters. The zero-order chi connectivity index (χ0) is 4.12. The molecular formula is C4H13MgN. The molecule has 0 aliphatic carbocycles. The minimum atomic E-state index is 0. The van der Waals surface area contributed by atoms with Gasteiger partial charge in [-0.1, -0.05) is 13.8 Å². The van der Waals surface area contributed by atoms with Gasteiger partial charge in [0.05, 0.1) is 0 Å². The summed E-state index contributed by atoms with van der Waals surface area (Å²) in [6.45, 7) is 6.39. The van der Waals surface area contributed by atoms with Gasteiger partial charge in [-0.2, -0.15) is 0 Å². The first-order valence-electron chi connectivity index (χ1n) is 2.12. The molecule has 0 aliphatic heterocycles. The summed E-state index contributed by atoms with van der Waals surface area (Å²) in [5.41, 5.74) is 0. The zero-order valence-electron chi connectivity index (χ0n) is 6.62. The summed E-state index contributed by atoms with van der Waals surface area (Å²) in [6.07, 6.45) is 0. The Bertz CT molecular complexity index is 21.5. The Balaban J connectivity index is -0.0000000267. The van der Waals surface area contributed by atoms with Crippen LogP contribution in [0, 0.1) is 0 Å². The van der Waals surface area contributed by atoms with E-state index in [0.717, 1.165) is 13.1 Å². The quantitative estimate of drug-likeness (QED) is 0.496. The van der Waals surface area contributed by atoms with Gasteiger partial charge >= 0.3 is 23.1 Å². The van der Waals surface area contributed by atoms with Crippen molar-refractivity contribution in [3.05, 3.63) is 0 Å². The summed E-state index contributed by atoms with van der Waals surface area (Å²) in [5.74, 6) is 0. The average Bonchev–Trinajstić information content (AvgIpc) is 1.41. The fraction of sp³-hybridized carbons (Fsp3) is 1.00. The first-order valence-corrected chi connectivity index (χ1v) is 2.12. The van der Waals surface area contributed by atoms with Crippen LogP contribution in [-0.2, 0) is 0 Å². The molecule has 0 atom stereocenters. The maximum Gasteiger partial charge on any atom is 2.00 e. The zero-order valence-corrected chi connectivity index (χ0v) is 6.04. The van der Waals surface area contributed by atoms with Crippen molar-refractivity contribution in [3.8, 4) is 0 Å². The van der Waals surface area contributed by atoms with Crippen LogP contribution >= 0.6 is 0 Å². The van der Waals surface area contributed by atoms with Gasteiger partial charge in [-0.25, -0.2) is 0 Å². The van der Waals surface area contributed by atoms with Crippen molar-refractivity contribution >= 4 is 23.1 Å². The summed E-state index contributed by atoms with van der Waals surface area (Å²) in [7, 11) is 0. The topological polar surface area (TPSA) is 12.0 Å². The maximum absolute atomic E-state index is 3.11. The molecule has 0 aromatic heterocycles. The summed E-state index contributed by atoms with van der Waals surface area (Å²) in [5, 5.41) is 3.11. The first kappa shape index (κ1) is 9.87. The predicted octanol–water partition coefficient (Wildman–Crippen LogP) is 0.460. The van der Waals surface area contributed by atoms with Gasteiger partial charge in [0.15, 0.2) is 0 Å². The fourth-order valence-electron chi connectivity index (χ4n) is 0.250. The molecule has 6 heavy (non-hydrogen) atoms. The van der Waals surface area contributed by atoms with Gasteiger partial charge in [-0.3, -0.25) is 0 Å². The summed E-state index contributed by atoms with van der Waals surface area (Å²) in [4.78, 5) is 0. The third-order valence-corrected chi connectivity index (χ3v) is 0.500. The van der Waals surface area contributed by atoms with Crippen LogP contribution in [0.3, 0.4) is 0 Å². The van der Waals surface area contributed by atoms with Gasteiger partial charge in [0.1, 0.15) is 0 Å². The molecule has 0 spiro atoms. The van der Waals surface area contributed by atoms with E-state index in [9.17, 15) is 0 Å². The number of hydrogen-bond acceptors (Lipinski definition) is 1. The van der Waals surface area contributed by atoms with Crippen LogP contribution in [0.2, 0.25) is 0 Å².